The van der Waals surface area contributed by atoms with Crippen LogP contribution in [-0.2, 0) is 16.1 Å². The Bertz CT molecular complexity index is 781. The molecule has 0 radical (unpaired) electrons. The van der Waals surface area contributed by atoms with Gasteiger partial charge in [-0.05, 0) is 28.8 Å². The predicted molar refractivity (Wildman–Crippen MR) is 110 cm³/mol. The molecular formula is C22H25ClN2O2. The zero-order chi connectivity index (χ0) is 19.1. The highest BCUT2D eigenvalue weighted by Crippen LogP contribution is 2.26. The van der Waals surface area contributed by atoms with E-state index in [0.717, 1.165) is 44.3 Å². The molecule has 0 bridgehead atoms. The number of hydrogen-bond donors (Lipinski definition) is 0. The van der Waals surface area contributed by atoms with Crippen molar-refractivity contribution in [3.8, 4) is 11.1 Å². The SMILES string of the molecule is COC(=O)C=CCN1CCN(Cc2ccccc2-c2ccc(Cl)cc2)CC1. The largest absolute Gasteiger partial charge is 0.466 e. The van der Waals surface area contributed by atoms with E-state index in [0.29, 0.717) is 0 Å². The first-order chi connectivity index (χ1) is 13.2. The minimum absolute atomic E-state index is 0.299. The minimum atomic E-state index is -0.299. The van der Waals surface area contributed by atoms with Gasteiger partial charge in [-0.2, -0.15) is 0 Å². The lowest BCUT2D eigenvalue weighted by atomic mass is 9.99. The third-order valence-corrected chi connectivity index (χ3v) is 5.10. The zero-order valence-corrected chi connectivity index (χ0v) is 16.4. The highest BCUT2D eigenvalue weighted by molar-refractivity contribution is 6.30. The van der Waals surface area contributed by atoms with Gasteiger partial charge in [0.05, 0.1) is 7.11 Å². The Balaban J connectivity index is 1.57. The summed E-state index contributed by atoms with van der Waals surface area (Å²) < 4.78 is 4.62. The molecule has 2 aromatic rings. The summed E-state index contributed by atoms with van der Waals surface area (Å²) in [6.07, 6.45) is 3.37. The maximum Gasteiger partial charge on any atom is 0.330 e. The number of methoxy groups -OCH3 is 1. The fourth-order valence-corrected chi connectivity index (χ4v) is 3.43. The summed E-state index contributed by atoms with van der Waals surface area (Å²) >= 11 is 6.03. The van der Waals surface area contributed by atoms with E-state index in [9.17, 15) is 4.79 Å². The monoisotopic (exact) mass is 384 g/mol. The van der Waals surface area contributed by atoms with E-state index < -0.39 is 0 Å². The highest BCUT2D eigenvalue weighted by atomic mass is 35.5. The van der Waals surface area contributed by atoms with Crippen LogP contribution in [-0.4, -0.2) is 55.6 Å². The van der Waals surface area contributed by atoms with Gasteiger partial charge in [0.25, 0.3) is 0 Å². The van der Waals surface area contributed by atoms with Crippen LogP contribution in [0.4, 0.5) is 0 Å². The smallest absolute Gasteiger partial charge is 0.330 e. The second kappa shape index (κ2) is 9.70. The van der Waals surface area contributed by atoms with Gasteiger partial charge in [0.1, 0.15) is 0 Å². The number of nitrogens with zero attached hydrogens (tertiary/aromatic N) is 2. The van der Waals surface area contributed by atoms with Crippen molar-refractivity contribution in [1.29, 1.82) is 0 Å². The Labute approximate surface area is 166 Å². The van der Waals surface area contributed by atoms with Gasteiger partial charge in [0.15, 0.2) is 0 Å². The van der Waals surface area contributed by atoms with E-state index in [-0.39, 0.29) is 5.97 Å². The fourth-order valence-electron chi connectivity index (χ4n) is 3.31. The lowest BCUT2D eigenvalue weighted by Gasteiger charge is -2.34. The highest BCUT2D eigenvalue weighted by Gasteiger charge is 2.17. The molecule has 4 nitrogen and oxygen atoms in total. The Kier molecular flexibility index (Phi) is 7.04. The third-order valence-electron chi connectivity index (χ3n) is 4.85. The molecule has 0 aliphatic carbocycles. The average Bonchev–Trinajstić information content (AvgIpc) is 2.70. The second-order valence-corrected chi connectivity index (χ2v) is 7.10. The molecule has 0 N–H and O–H groups in total. The van der Waals surface area contributed by atoms with Crippen molar-refractivity contribution < 1.29 is 9.53 Å². The maximum atomic E-state index is 11.1. The van der Waals surface area contributed by atoms with E-state index in [4.69, 9.17) is 11.6 Å². The summed E-state index contributed by atoms with van der Waals surface area (Å²) in [4.78, 5) is 16.0. The van der Waals surface area contributed by atoms with Crippen LogP contribution >= 0.6 is 11.6 Å². The van der Waals surface area contributed by atoms with Gasteiger partial charge in [0.2, 0.25) is 0 Å². The van der Waals surface area contributed by atoms with Crippen LogP contribution in [0.25, 0.3) is 11.1 Å². The second-order valence-electron chi connectivity index (χ2n) is 6.67. The third kappa shape index (κ3) is 5.67. The molecule has 0 aromatic heterocycles. The number of benzene rings is 2. The molecule has 142 valence electrons. The molecule has 0 spiro atoms. The number of piperazine rings is 1. The van der Waals surface area contributed by atoms with Gasteiger partial charge in [-0.25, -0.2) is 4.79 Å². The average molecular weight is 385 g/mol. The minimum Gasteiger partial charge on any atom is -0.466 e. The lowest BCUT2D eigenvalue weighted by Crippen LogP contribution is -2.45. The summed E-state index contributed by atoms with van der Waals surface area (Å²) in [7, 11) is 1.40. The molecule has 0 saturated carbocycles. The molecule has 0 amide bonds. The molecule has 3 rings (SSSR count). The van der Waals surface area contributed by atoms with Crippen molar-refractivity contribution in [3.63, 3.8) is 0 Å². The van der Waals surface area contributed by atoms with Crippen molar-refractivity contribution in [2.45, 2.75) is 6.54 Å². The van der Waals surface area contributed by atoms with E-state index in [1.165, 1.54) is 29.9 Å². The quantitative estimate of drug-likeness (QED) is 0.559. The summed E-state index contributed by atoms with van der Waals surface area (Å²) in [5.41, 5.74) is 3.79. The van der Waals surface area contributed by atoms with Gasteiger partial charge in [-0.1, -0.05) is 54.1 Å². The summed E-state index contributed by atoms with van der Waals surface area (Å²) in [5.74, 6) is -0.299. The standard InChI is InChI=1S/C22H25ClN2O2/c1-27-22(26)7-4-12-24-13-15-25(16-14-24)17-19-5-2-3-6-21(19)18-8-10-20(23)11-9-18/h2-11H,12-17H2,1H3. The number of carbonyl (C=O) groups is 1. The number of ether oxygens (including phenoxy) is 1. The fraction of sp³-hybridized carbons (Fsp3) is 0.318. The molecule has 1 saturated heterocycles. The van der Waals surface area contributed by atoms with Crippen molar-refractivity contribution in [1.82, 2.24) is 9.80 Å². The molecule has 1 aliphatic heterocycles. The number of halogens is 1. The number of hydrogen-bond acceptors (Lipinski definition) is 4. The Morgan fingerprint density at radius 2 is 1.70 bits per heavy atom. The van der Waals surface area contributed by atoms with Crippen LogP contribution in [0.1, 0.15) is 5.56 Å². The molecular weight excluding hydrogens is 360 g/mol. The molecule has 1 fully saturated rings. The van der Waals surface area contributed by atoms with Gasteiger partial charge < -0.3 is 4.74 Å². The van der Waals surface area contributed by atoms with Gasteiger partial charge in [-0.15, -0.1) is 0 Å². The summed E-state index contributed by atoms with van der Waals surface area (Å²) in [5, 5.41) is 0.758. The Hall–Kier alpha value is -2.14. The van der Waals surface area contributed by atoms with E-state index in [2.05, 4.69) is 50.9 Å². The maximum absolute atomic E-state index is 11.1. The zero-order valence-electron chi connectivity index (χ0n) is 15.6. The van der Waals surface area contributed by atoms with Crippen LogP contribution in [0, 0.1) is 0 Å². The lowest BCUT2D eigenvalue weighted by molar-refractivity contribution is -0.134. The van der Waals surface area contributed by atoms with Crippen molar-refractivity contribution in [2.75, 3.05) is 39.8 Å². The Morgan fingerprint density at radius 1 is 1.04 bits per heavy atom. The summed E-state index contributed by atoms with van der Waals surface area (Å²) in [6.45, 7) is 5.74. The van der Waals surface area contributed by atoms with E-state index in [1.54, 1.807) is 0 Å². The molecule has 0 atom stereocenters. The van der Waals surface area contributed by atoms with Crippen LogP contribution in [0.15, 0.2) is 60.7 Å². The topological polar surface area (TPSA) is 32.8 Å². The Morgan fingerprint density at radius 3 is 2.41 bits per heavy atom. The number of rotatable bonds is 6. The first-order valence-electron chi connectivity index (χ1n) is 9.19. The van der Waals surface area contributed by atoms with Gasteiger partial charge in [-0.3, -0.25) is 9.80 Å². The molecule has 0 unspecified atom stereocenters. The molecule has 2 aromatic carbocycles. The van der Waals surface area contributed by atoms with Crippen LogP contribution in [0.2, 0.25) is 5.02 Å². The predicted octanol–water partition coefficient (Wildman–Crippen LogP) is 3.85. The van der Waals surface area contributed by atoms with Gasteiger partial charge in [0, 0.05) is 50.4 Å². The molecule has 27 heavy (non-hydrogen) atoms. The van der Waals surface area contributed by atoms with Gasteiger partial charge >= 0.3 is 5.97 Å². The van der Waals surface area contributed by atoms with E-state index in [1.807, 2.05) is 18.2 Å². The van der Waals surface area contributed by atoms with Crippen molar-refractivity contribution in [3.05, 3.63) is 71.3 Å². The normalized spacial score (nSPS) is 15.9. The van der Waals surface area contributed by atoms with Crippen LogP contribution < -0.4 is 0 Å². The molecule has 1 heterocycles. The van der Waals surface area contributed by atoms with Crippen LogP contribution in [0.3, 0.4) is 0 Å². The first kappa shape index (κ1) is 19.6. The van der Waals surface area contributed by atoms with Crippen molar-refractivity contribution in [2.24, 2.45) is 0 Å². The summed E-state index contributed by atoms with van der Waals surface area (Å²) in [6, 6.07) is 16.6. The first-order valence-corrected chi connectivity index (χ1v) is 9.56. The number of esters is 1. The molecule has 1 aliphatic rings. The molecule has 5 heteroatoms. The van der Waals surface area contributed by atoms with E-state index >= 15 is 0 Å². The van der Waals surface area contributed by atoms with Crippen LogP contribution in [0.5, 0.6) is 0 Å². The number of carbonyl (C=O) groups excluding carboxylic acids is 1. The van der Waals surface area contributed by atoms with Crippen molar-refractivity contribution >= 4 is 17.6 Å².